The molecule has 2 nitrogen and oxygen atoms in total. The third-order valence-corrected chi connectivity index (χ3v) is 5.14. The van der Waals surface area contributed by atoms with E-state index in [1.54, 1.807) is 0 Å². The van der Waals surface area contributed by atoms with Gasteiger partial charge in [0.2, 0.25) is 0 Å². The van der Waals surface area contributed by atoms with Gasteiger partial charge >= 0.3 is 0 Å². The Hall–Kier alpha value is -0.540. The van der Waals surface area contributed by atoms with Gasteiger partial charge in [0.05, 0.1) is 5.03 Å². The number of aromatic nitrogens is 1. The van der Waals surface area contributed by atoms with Gasteiger partial charge in [-0.1, -0.05) is 13.8 Å². The van der Waals surface area contributed by atoms with Gasteiger partial charge < -0.3 is 5.32 Å². The van der Waals surface area contributed by atoms with Crippen LogP contribution in [0.2, 0.25) is 0 Å². The van der Waals surface area contributed by atoms with Gasteiger partial charge in [-0.25, -0.2) is 4.98 Å². The predicted molar refractivity (Wildman–Crippen MR) is 83.8 cm³/mol. The molecule has 106 valence electrons. The lowest BCUT2D eigenvalue weighted by molar-refractivity contribution is 0.320. The van der Waals surface area contributed by atoms with Crippen LogP contribution in [0.4, 0.5) is 0 Å². The summed E-state index contributed by atoms with van der Waals surface area (Å²) in [5.74, 6) is 0.846. The van der Waals surface area contributed by atoms with Crippen LogP contribution in [0.3, 0.4) is 0 Å². The smallest absolute Gasteiger partial charge is 0.0968 e. The number of hydrogen-bond donors (Lipinski definition) is 1. The minimum absolute atomic E-state index is 0.647. The zero-order valence-corrected chi connectivity index (χ0v) is 13.4. The molecule has 0 aromatic carbocycles. The highest BCUT2D eigenvalue weighted by atomic mass is 32.2. The van der Waals surface area contributed by atoms with Crippen molar-refractivity contribution < 1.29 is 0 Å². The maximum absolute atomic E-state index is 4.68. The summed E-state index contributed by atoms with van der Waals surface area (Å²) in [5, 5.41) is 5.51. The monoisotopic (exact) mass is 278 g/mol. The zero-order valence-electron chi connectivity index (χ0n) is 12.6. The molecule has 3 atom stereocenters. The molecule has 1 aromatic heterocycles. The lowest BCUT2D eigenvalue weighted by Crippen LogP contribution is -2.42. The maximum Gasteiger partial charge on any atom is 0.0968 e. The molecular formula is C16H26N2S. The molecule has 0 radical (unpaired) electrons. The van der Waals surface area contributed by atoms with Crippen molar-refractivity contribution in [1.29, 1.82) is 0 Å². The molecule has 3 heteroatoms. The van der Waals surface area contributed by atoms with Gasteiger partial charge in [0.1, 0.15) is 0 Å². The SMILES string of the molecule is CCNC1CCC(C)CC1Sc1cc(C)cc(C)n1. The Bertz CT molecular complexity index is 399. The molecule has 3 unspecified atom stereocenters. The van der Waals surface area contributed by atoms with Crippen molar-refractivity contribution in [3.63, 3.8) is 0 Å². The van der Waals surface area contributed by atoms with Crippen LogP contribution in [0.15, 0.2) is 17.2 Å². The first-order valence-corrected chi connectivity index (χ1v) is 8.31. The van der Waals surface area contributed by atoms with Crippen LogP contribution in [-0.2, 0) is 0 Å². The van der Waals surface area contributed by atoms with Crippen LogP contribution in [0.5, 0.6) is 0 Å². The third-order valence-electron chi connectivity index (χ3n) is 3.87. The summed E-state index contributed by atoms with van der Waals surface area (Å²) >= 11 is 1.97. The number of hydrogen-bond acceptors (Lipinski definition) is 3. The zero-order chi connectivity index (χ0) is 13.8. The summed E-state index contributed by atoms with van der Waals surface area (Å²) in [6.45, 7) is 9.89. The molecule has 19 heavy (non-hydrogen) atoms. The molecule has 1 aromatic rings. The summed E-state index contributed by atoms with van der Waals surface area (Å²) in [6, 6.07) is 5.02. The first-order valence-electron chi connectivity index (χ1n) is 7.43. The third kappa shape index (κ3) is 4.22. The van der Waals surface area contributed by atoms with E-state index in [-0.39, 0.29) is 0 Å². The highest BCUT2D eigenvalue weighted by molar-refractivity contribution is 7.99. The second-order valence-electron chi connectivity index (χ2n) is 5.86. The number of thioether (sulfide) groups is 1. The normalized spacial score (nSPS) is 27.5. The van der Waals surface area contributed by atoms with Gasteiger partial charge in [0.15, 0.2) is 0 Å². The molecule has 0 amide bonds. The average molecular weight is 278 g/mol. The first kappa shape index (κ1) is 14.9. The van der Waals surface area contributed by atoms with Gasteiger partial charge in [-0.05, 0) is 63.3 Å². The fourth-order valence-electron chi connectivity index (χ4n) is 2.97. The van der Waals surface area contributed by atoms with E-state index in [9.17, 15) is 0 Å². The molecule has 1 saturated carbocycles. The molecule has 1 aliphatic carbocycles. The second-order valence-corrected chi connectivity index (χ2v) is 7.12. The number of aryl methyl sites for hydroxylation is 2. The van der Waals surface area contributed by atoms with E-state index in [4.69, 9.17) is 0 Å². The van der Waals surface area contributed by atoms with Crippen molar-refractivity contribution in [3.8, 4) is 0 Å². The molecule has 2 rings (SSSR count). The van der Waals surface area contributed by atoms with E-state index in [1.165, 1.54) is 29.9 Å². The highest BCUT2D eigenvalue weighted by Crippen LogP contribution is 2.36. The molecule has 0 aliphatic heterocycles. The van der Waals surface area contributed by atoms with Crippen molar-refractivity contribution in [2.75, 3.05) is 6.54 Å². The van der Waals surface area contributed by atoms with E-state index >= 15 is 0 Å². The number of pyridine rings is 1. The second kappa shape index (κ2) is 6.76. The van der Waals surface area contributed by atoms with Crippen molar-refractivity contribution in [2.45, 2.75) is 63.3 Å². The molecule has 1 fully saturated rings. The summed E-state index contributed by atoms with van der Waals surface area (Å²) in [5.41, 5.74) is 2.45. The Morgan fingerprint density at radius 2 is 2.11 bits per heavy atom. The lowest BCUT2D eigenvalue weighted by atomic mass is 9.87. The standard InChI is InChI=1S/C16H26N2S/c1-5-17-14-7-6-11(2)9-15(14)19-16-10-12(3)8-13(4)18-16/h8,10-11,14-15,17H,5-7,9H2,1-4H3. The van der Waals surface area contributed by atoms with Crippen molar-refractivity contribution in [1.82, 2.24) is 10.3 Å². The largest absolute Gasteiger partial charge is 0.313 e. The summed E-state index contributed by atoms with van der Waals surface area (Å²) in [7, 11) is 0. The molecule has 0 saturated heterocycles. The van der Waals surface area contributed by atoms with Crippen LogP contribution in [0.25, 0.3) is 0 Å². The quantitative estimate of drug-likeness (QED) is 0.902. The van der Waals surface area contributed by atoms with E-state index < -0.39 is 0 Å². The minimum atomic E-state index is 0.647. The lowest BCUT2D eigenvalue weighted by Gasteiger charge is -2.34. The van der Waals surface area contributed by atoms with Crippen molar-refractivity contribution in [2.24, 2.45) is 5.92 Å². The Morgan fingerprint density at radius 3 is 2.79 bits per heavy atom. The van der Waals surface area contributed by atoms with Crippen LogP contribution in [-0.4, -0.2) is 22.8 Å². The van der Waals surface area contributed by atoms with Crippen LogP contribution >= 0.6 is 11.8 Å². The molecule has 1 aliphatic rings. The van der Waals surface area contributed by atoms with Crippen molar-refractivity contribution in [3.05, 3.63) is 23.4 Å². The van der Waals surface area contributed by atoms with E-state index in [0.717, 1.165) is 18.2 Å². The van der Waals surface area contributed by atoms with E-state index in [1.807, 2.05) is 11.8 Å². The van der Waals surface area contributed by atoms with Gasteiger partial charge in [-0.2, -0.15) is 0 Å². The average Bonchev–Trinajstić information content (AvgIpc) is 2.31. The molecule has 0 bridgehead atoms. The highest BCUT2D eigenvalue weighted by Gasteiger charge is 2.29. The Labute approximate surface area is 121 Å². The van der Waals surface area contributed by atoms with Crippen LogP contribution in [0, 0.1) is 19.8 Å². The Kier molecular flexibility index (Phi) is 5.28. The summed E-state index contributed by atoms with van der Waals surface area (Å²) in [6.07, 6.45) is 3.96. The fraction of sp³-hybridized carbons (Fsp3) is 0.688. The van der Waals surface area contributed by atoms with Crippen LogP contribution < -0.4 is 5.32 Å². The predicted octanol–water partition coefficient (Wildman–Crippen LogP) is 3.96. The Morgan fingerprint density at radius 1 is 1.32 bits per heavy atom. The van der Waals surface area contributed by atoms with E-state index in [2.05, 4.69) is 50.1 Å². The van der Waals surface area contributed by atoms with Gasteiger partial charge in [-0.3, -0.25) is 0 Å². The number of nitrogens with zero attached hydrogens (tertiary/aromatic N) is 1. The molecule has 0 spiro atoms. The van der Waals surface area contributed by atoms with Crippen LogP contribution in [0.1, 0.15) is 44.4 Å². The van der Waals surface area contributed by atoms with E-state index in [0.29, 0.717) is 11.3 Å². The molecule has 1 heterocycles. The summed E-state index contributed by atoms with van der Waals surface area (Å²) < 4.78 is 0. The molecular weight excluding hydrogens is 252 g/mol. The van der Waals surface area contributed by atoms with Gasteiger partial charge in [0.25, 0.3) is 0 Å². The fourth-order valence-corrected chi connectivity index (χ4v) is 4.56. The van der Waals surface area contributed by atoms with Crippen molar-refractivity contribution >= 4 is 11.8 Å². The number of rotatable bonds is 4. The Balaban J connectivity index is 2.09. The number of nitrogens with one attached hydrogen (secondary N) is 1. The minimum Gasteiger partial charge on any atom is -0.313 e. The molecule has 1 N–H and O–H groups in total. The maximum atomic E-state index is 4.68. The van der Waals surface area contributed by atoms with Gasteiger partial charge in [-0.15, -0.1) is 11.8 Å². The topological polar surface area (TPSA) is 24.9 Å². The summed E-state index contributed by atoms with van der Waals surface area (Å²) in [4.78, 5) is 4.68. The first-order chi connectivity index (χ1) is 9.08. The van der Waals surface area contributed by atoms with Gasteiger partial charge in [0, 0.05) is 17.0 Å².